The fourth-order valence-corrected chi connectivity index (χ4v) is 0.885. The topological polar surface area (TPSA) is 48.1 Å². The summed E-state index contributed by atoms with van der Waals surface area (Å²) < 4.78 is 41.1. The lowest BCUT2D eigenvalue weighted by Crippen LogP contribution is -2.28. The molecule has 2 N–H and O–H groups in total. The van der Waals surface area contributed by atoms with Gasteiger partial charge in [-0.15, -0.1) is 0 Å². The van der Waals surface area contributed by atoms with E-state index in [-0.39, 0.29) is 11.4 Å². The van der Waals surface area contributed by atoms with Crippen molar-refractivity contribution in [2.45, 2.75) is 12.2 Å². The maximum Gasteiger partial charge on any atom is 0.407 e. The summed E-state index contributed by atoms with van der Waals surface area (Å²) in [5.41, 5.74) is 4.87. The first-order valence-corrected chi connectivity index (χ1v) is 3.77. The van der Waals surface area contributed by atoms with Crippen LogP contribution in [0, 0.1) is 0 Å². The van der Waals surface area contributed by atoms with Gasteiger partial charge >= 0.3 is 6.18 Å². The molecule has 14 heavy (non-hydrogen) atoms. The number of ether oxygens (including phenoxy) is 1. The van der Waals surface area contributed by atoms with E-state index in [9.17, 15) is 13.2 Å². The Hall–Kier alpha value is -1.30. The zero-order valence-electron chi connectivity index (χ0n) is 7.38. The second-order valence-corrected chi connectivity index (χ2v) is 2.65. The maximum absolute atomic E-state index is 12.1. The minimum atomic E-state index is -4.45. The summed E-state index contributed by atoms with van der Waals surface area (Å²) in [5, 5.41) is 0. The van der Waals surface area contributed by atoms with Gasteiger partial charge in [0.1, 0.15) is 6.04 Å². The Morgan fingerprint density at radius 3 is 2.43 bits per heavy atom. The number of alkyl halides is 3. The van der Waals surface area contributed by atoms with Crippen LogP contribution in [0.15, 0.2) is 18.3 Å². The minimum Gasteiger partial charge on any atom is -0.481 e. The van der Waals surface area contributed by atoms with Gasteiger partial charge in [-0.05, 0) is 5.56 Å². The van der Waals surface area contributed by atoms with Crippen molar-refractivity contribution in [3.63, 3.8) is 0 Å². The molecule has 1 heterocycles. The fourth-order valence-electron chi connectivity index (χ4n) is 0.885. The average molecular weight is 206 g/mol. The summed E-state index contributed by atoms with van der Waals surface area (Å²) in [6.45, 7) is 0. The van der Waals surface area contributed by atoms with Gasteiger partial charge in [-0.25, -0.2) is 4.98 Å². The van der Waals surface area contributed by atoms with Crippen LogP contribution in [0.5, 0.6) is 5.88 Å². The van der Waals surface area contributed by atoms with E-state index in [0.29, 0.717) is 0 Å². The first kappa shape index (κ1) is 10.8. The first-order chi connectivity index (χ1) is 6.45. The highest BCUT2D eigenvalue weighted by atomic mass is 19.4. The van der Waals surface area contributed by atoms with E-state index in [2.05, 4.69) is 4.98 Å². The fraction of sp³-hybridized carbons (Fsp3) is 0.375. The van der Waals surface area contributed by atoms with Gasteiger partial charge in [0, 0.05) is 12.3 Å². The van der Waals surface area contributed by atoms with E-state index in [1.165, 1.54) is 19.2 Å². The summed E-state index contributed by atoms with van der Waals surface area (Å²) in [7, 11) is 1.38. The van der Waals surface area contributed by atoms with Crippen molar-refractivity contribution in [2.24, 2.45) is 5.73 Å². The standard InChI is InChI=1S/C8H9F3N2O/c1-14-6-3-2-5(4-13-6)7(12)8(9,10)11/h2-4,7H,12H2,1H3. The Balaban J connectivity index is 2.87. The Kier molecular flexibility index (Phi) is 2.95. The second kappa shape index (κ2) is 3.83. The molecule has 3 nitrogen and oxygen atoms in total. The van der Waals surface area contributed by atoms with Crippen LogP contribution in [-0.4, -0.2) is 18.3 Å². The number of methoxy groups -OCH3 is 1. The van der Waals surface area contributed by atoms with Crippen LogP contribution in [0.4, 0.5) is 13.2 Å². The van der Waals surface area contributed by atoms with E-state index in [1.54, 1.807) is 0 Å². The van der Waals surface area contributed by atoms with Crippen molar-refractivity contribution in [2.75, 3.05) is 7.11 Å². The number of nitrogens with two attached hydrogens (primary N) is 1. The zero-order chi connectivity index (χ0) is 10.8. The van der Waals surface area contributed by atoms with Crippen molar-refractivity contribution in [1.82, 2.24) is 4.98 Å². The Bertz CT molecular complexity index is 296. The van der Waals surface area contributed by atoms with E-state index in [4.69, 9.17) is 10.5 Å². The van der Waals surface area contributed by atoms with Crippen LogP contribution in [0.3, 0.4) is 0 Å². The summed E-state index contributed by atoms with van der Waals surface area (Å²) in [4.78, 5) is 3.63. The number of hydrogen-bond acceptors (Lipinski definition) is 3. The van der Waals surface area contributed by atoms with Crippen LogP contribution in [-0.2, 0) is 0 Å². The predicted molar refractivity (Wildman–Crippen MR) is 43.8 cm³/mol. The van der Waals surface area contributed by atoms with Crippen molar-refractivity contribution in [1.29, 1.82) is 0 Å². The van der Waals surface area contributed by atoms with Gasteiger partial charge in [-0.1, -0.05) is 6.07 Å². The predicted octanol–water partition coefficient (Wildman–Crippen LogP) is 1.65. The lowest BCUT2D eigenvalue weighted by atomic mass is 10.1. The van der Waals surface area contributed by atoms with Crippen molar-refractivity contribution < 1.29 is 17.9 Å². The van der Waals surface area contributed by atoms with Crippen LogP contribution in [0.2, 0.25) is 0 Å². The van der Waals surface area contributed by atoms with Gasteiger partial charge in [-0.2, -0.15) is 13.2 Å². The first-order valence-electron chi connectivity index (χ1n) is 3.77. The van der Waals surface area contributed by atoms with Crippen LogP contribution >= 0.6 is 0 Å². The molecule has 1 atom stereocenters. The number of pyridine rings is 1. The Morgan fingerprint density at radius 1 is 1.43 bits per heavy atom. The van der Waals surface area contributed by atoms with Crippen molar-refractivity contribution in [3.8, 4) is 5.88 Å². The molecule has 0 saturated heterocycles. The zero-order valence-corrected chi connectivity index (χ0v) is 7.38. The minimum absolute atomic E-state index is 0.0849. The third-order valence-electron chi connectivity index (χ3n) is 1.68. The number of hydrogen-bond donors (Lipinski definition) is 1. The summed E-state index contributed by atoms with van der Waals surface area (Å²) >= 11 is 0. The summed E-state index contributed by atoms with van der Waals surface area (Å²) in [6, 6.07) is 0.575. The second-order valence-electron chi connectivity index (χ2n) is 2.65. The van der Waals surface area contributed by atoms with Gasteiger partial charge in [0.2, 0.25) is 5.88 Å². The third-order valence-corrected chi connectivity index (χ3v) is 1.68. The van der Waals surface area contributed by atoms with Gasteiger partial charge < -0.3 is 10.5 Å². The highest BCUT2D eigenvalue weighted by molar-refractivity contribution is 5.21. The SMILES string of the molecule is COc1ccc(C(N)C(F)(F)F)cn1. The molecule has 1 aromatic heterocycles. The highest BCUT2D eigenvalue weighted by Crippen LogP contribution is 2.30. The lowest BCUT2D eigenvalue weighted by Gasteiger charge is -2.15. The normalized spacial score (nSPS) is 13.8. The molecule has 0 radical (unpaired) electrons. The van der Waals surface area contributed by atoms with Gasteiger partial charge in [0.25, 0.3) is 0 Å². The van der Waals surface area contributed by atoms with E-state index in [0.717, 1.165) is 6.20 Å². The summed E-state index contributed by atoms with van der Waals surface area (Å²) in [5.74, 6) is 0.253. The smallest absolute Gasteiger partial charge is 0.407 e. The van der Waals surface area contributed by atoms with E-state index < -0.39 is 12.2 Å². The molecule has 1 aromatic rings. The van der Waals surface area contributed by atoms with Crippen LogP contribution < -0.4 is 10.5 Å². The van der Waals surface area contributed by atoms with Crippen molar-refractivity contribution in [3.05, 3.63) is 23.9 Å². The highest BCUT2D eigenvalue weighted by Gasteiger charge is 2.37. The number of halogens is 3. The van der Waals surface area contributed by atoms with E-state index >= 15 is 0 Å². The van der Waals surface area contributed by atoms with Gasteiger partial charge in [0.15, 0.2) is 0 Å². The summed E-state index contributed by atoms with van der Waals surface area (Å²) in [6.07, 6.45) is -3.40. The molecule has 0 saturated carbocycles. The monoisotopic (exact) mass is 206 g/mol. The molecule has 0 aromatic carbocycles. The lowest BCUT2D eigenvalue weighted by molar-refractivity contribution is -0.149. The maximum atomic E-state index is 12.1. The number of nitrogens with zero attached hydrogens (tertiary/aromatic N) is 1. The third kappa shape index (κ3) is 2.35. The molecule has 1 rings (SSSR count). The molecule has 0 spiro atoms. The molecule has 1 unspecified atom stereocenters. The quantitative estimate of drug-likeness (QED) is 0.800. The Morgan fingerprint density at radius 2 is 2.07 bits per heavy atom. The van der Waals surface area contributed by atoms with E-state index in [1.807, 2.05) is 0 Å². The van der Waals surface area contributed by atoms with Crippen LogP contribution in [0.25, 0.3) is 0 Å². The molecular formula is C8H9F3N2O. The van der Waals surface area contributed by atoms with Gasteiger partial charge in [-0.3, -0.25) is 0 Å². The molecule has 0 fully saturated rings. The molecule has 0 bridgehead atoms. The largest absolute Gasteiger partial charge is 0.481 e. The molecular weight excluding hydrogens is 197 g/mol. The molecule has 0 aliphatic rings. The number of aromatic nitrogens is 1. The van der Waals surface area contributed by atoms with Crippen molar-refractivity contribution >= 4 is 0 Å². The molecule has 0 aliphatic heterocycles. The van der Waals surface area contributed by atoms with Crippen LogP contribution in [0.1, 0.15) is 11.6 Å². The molecule has 0 aliphatic carbocycles. The number of rotatable bonds is 2. The Labute approximate surface area is 78.7 Å². The van der Waals surface area contributed by atoms with Gasteiger partial charge in [0.05, 0.1) is 7.11 Å². The average Bonchev–Trinajstić information content (AvgIpc) is 2.15. The molecule has 0 amide bonds. The molecule has 78 valence electrons. The molecule has 6 heteroatoms.